The van der Waals surface area contributed by atoms with Crippen LogP contribution in [0, 0.1) is 0 Å². The highest BCUT2D eigenvalue weighted by atomic mass is 16.5. The van der Waals surface area contributed by atoms with Crippen LogP contribution >= 0.6 is 0 Å². The fraction of sp³-hybridized carbons (Fsp3) is 0.190. The molecule has 7 heteroatoms. The number of hydrogen-bond acceptors (Lipinski definition) is 6. The quantitative estimate of drug-likeness (QED) is 0.516. The second kappa shape index (κ2) is 7.96. The summed E-state index contributed by atoms with van der Waals surface area (Å²) in [5, 5.41) is 8.16. The third-order valence-electron chi connectivity index (χ3n) is 4.49. The van der Waals surface area contributed by atoms with Crippen molar-refractivity contribution >= 4 is 22.8 Å². The van der Waals surface area contributed by atoms with Crippen molar-refractivity contribution in [2.45, 2.75) is 13.0 Å². The van der Waals surface area contributed by atoms with E-state index >= 15 is 0 Å². The third kappa shape index (κ3) is 4.03. The number of nitrogens with zero attached hydrogens (tertiary/aromatic N) is 4. The molecule has 7 nitrogen and oxygen atoms in total. The summed E-state index contributed by atoms with van der Waals surface area (Å²) in [6, 6.07) is 18.3. The summed E-state index contributed by atoms with van der Waals surface area (Å²) in [5.74, 6) is 1.80. The Bertz CT molecular complexity index is 1060. The van der Waals surface area contributed by atoms with Crippen LogP contribution in [0.3, 0.4) is 0 Å². The van der Waals surface area contributed by atoms with Crippen molar-refractivity contribution in [2.75, 3.05) is 17.6 Å². The standard InChI is InChI=1S/C21H22N6O/c1-27-20-18(13-24-27)19(22)25-21(26-20)23-12-11-15-7-9-17(10-8-15)28-14-16-5-3-2-4-6-16/h2-10,13H,11-12,14H2,1H3,(H3,22,23,25,26). The van der Waals surface area contributed by atoms with Gasteiger partial charge in [0.2, 0.25) is 5.95 Å². The van der Waals surface area contributed by atoms with Crippen molar-refractivity contribution in [1.29, 1.82) is 0 Å². The van der Waals surface area contributed by atoms with Crippen molar-refractivity contribution in [3.8, 4) is 5.75 Å². The van der Waals surface area contributed by atoms with Crippen LogP contribution in [-0.4, -0.2) is 26.3 Å². The molecule has 0 fully saturated rings. The molecule has 2 aromatic heterocycles. The van der Waals surface area contributed by atoms with Crippen molar-refractivity contribution in [2.24, 2.45) is 7.05 Å². The molecule has 0 amide bonds. The molecule has 4 aromatic rings. The maximum Gasteiger partial charge on any atom is 0.226 e. The Morgan fingerprint density at radius 3 is 2.57 bits per heavy atom. The SMILES string of the molecule is Cn1ncc2c(N)nc(NCCc3ccc(OCc4ccccc4)cc3)nc21. The van der Waals surface area contributed by atoms with E-state index in [-0.39, 0.29) is 0 Å². The zero-order valence-corrected chi connectivity index (χ0v) is 15.7. The molecule has 0 aliphatic carbocycles. The lowest BCUT2D eigenvalue weighted by atomic mass is 10.1. The summed E-state index contributed by atoms with van der Waals surface area (Å²) in [6.45, 7) is 1.27. The van der Waals surface area contributed by atoms with Crippen LogP contribution in [0.25, 0.3) is 11.0 Å². The van der Waals surface area contributed by atoms with Gasteiger partial charge in [-0.2, -0.15) is 15.1 Å². The van der Waals surface area contributed by atoms with Crippen LogP contribution in [0.1, 0.15) is 11.1 Å². The number of ether oxygens (including phenoxy) is 1. The van der Waals surface area contributed by atoms with Gasteiger partial charge in [-0.1, -0.05) is 42.5 Å². The fourth-order valence-corrected chi connectivity index (χ4v) is 2.93. The Hall–Kier alpha value is -3.61. The normalized spacial score (nSPS) is 10.9. The van der Waals surface area contributed by atoms with Gasteiger partial charge in [-0.15, -0.1) is 0 Å². The van der Waals surface area contributed by atoms with E-state index in [1.54, 1.807) is 10.9 Å². The molecule has 0 aliphatic rings. The minimum atomic E-state index is 0.431. The maximum absolute atomic E-state index is 5.98. The Morgan fingerprint density at radius 1 is 1.00 bits per heavy atom. The molecule has 0 spiro atoms. The largest absolute Gasteiger partial charge is 0.489 e. The van der Waals surface area contributed by atoms with Gasteiger partial charge < -0.3 is 15.8 Å². The average Bonchev–Trinajstić information content (AvgIpc) is 3.10. The van der Waals surface area contributed by atoms with Crippen LogP contribution in [-0.2, 0) is 20.1 Å². The number of benzene rings is 2. The topological polar surface area (TPSA) is 90.9 Å². The molecule has 4 rings (SSSR count). The van der Waals surface area contributed by atoms with Gasteiger partial charge in [-0.3, -0.25) is 4.68 Å². The van der Waals surface area contributed by atoms with E-state index in [1.807, 2.05) is 37.4 Å². The molecule has 142 valence electrons. The monoisotopic (exact) mass is 374 g/mol. The molecule has 0 radical (unpaired) electrons. The Balaban J connectivity index is 1.31. The zero-order chi connectivity index (χ0) is 19.3. The molecule has 0 saturated heterocycles. The van der Waals surface area contributed by atoms with Crippen molar-refractivity contribution < 1.29 is 4.74 Å². The molecule has 2 aromatic carbocycles. The van der Waals surface area contributed by atoms with Gasteiger partial charge in [0.25, 0.3) is 0 Å². The number of nitrogen functional groups attached to an aromatic ring is 1. The highest BCUT2D eigenvalue weighted by Crippen LogP contribution is 2.18. The number of hydrogen-bond donors (Lipinski definition) is 2. The molecule has 2 heterocycles. The molecule has 0 bridgehead atoms. The lowest BCUT2D eigenvalue weighted by molar-refractivity contribution is 0.306. The number of aryl methyl sites for hydroxylation is 1. The van der Waals surface area contributed by atoms with Gasteiger partial charge in [0, 0.05) is 13.6 Å². The van der Waals surface area contributed by atoms with Gasteiger partial charge >= 0.3 is 0 Å². The molecule has 3 N–H and O–H groups in total. The van der Waals surface area contributed by atoms with E-state index < -0.39 is 0 Å². The molecule has 0 unspecified atom stereocenters. The minimum absolute atomic E-state index is 0.431. The average molecular weight is 374 g/mol. The van der Waals surface area contributed by atoms with Crippen molar-refractivity contribution in [1.82, 2.24) is 19.7 Å². The summed E-state index contributed by atoms with van der Waals surface area (Å²) in [6.07, 6.45) is 2.52. The van der Waals surface area contributed by atoms with Gasteiger partial charge in [0.1, 0.15) is 18.2 Å². The lowest BCUT2D eigenvalue weighted by Crippen LogP contribution is -2.10. The molecular formula is C21H22N6O. The first-order valence-electron chi connectivity index (χ1n) is 9.14. The van der Waals surface area contributed by atoms with Crippen LogP contribution in [0.4, 0.5) is 11.8 Å². The highest BCUT2D eigenvalue weighted by molar-refractivity contribution is 5.86. The first-order chi connectivity index (χ1) is 13.7. The summed E-state index contributed by atoms with van der Waals surface area (Å²) < 4.78 is 7.51. The number of anilines is 2. The van der Waals surface area contributed by atoms with E-state index in [0.29, 0.717) is 24.9 Å². The first kappa shape index (κ1) is 17.8. The summed E-state index contributed by atoms with van der Waals surface area (Å²) in [4.78, 5) is 8.77. The van der Waals surface area contributed by atoms with Crippen LogP contribution in [0.15, 0.2) is 60.8 Å². The van der Waals surface area contributed by atoms with Gasteiger partial charge in [-0.05, 0) is 29.7 Å². The second-order valence-corrected chi connectivity index (χ2v) is 6.53. The smallest absolute Gasteiger partial charge is 0.226 e. The zero-order valence-electron chi connectivity index (χ0n) is 15.7. The predicted molar refractivity (Wildman–Crippen MR) is 110 cm³/mol. The molecule has 0 aliphatic heterocycles. The van der Waals surface area contributed by atoms with E-state index in [2.05, 4.69) is 44.6 Å². The Morgan fingerprint density at radius 2 is 1.79 bits per heavy atom. The van der Waals surface area contributed by atoms with E-state index in [0.717, 1.165) is 28.8 Å². The van der Waals surface area contributed by atoms with Gasteiger partial charge in [-0.25, -0.2) is 0 Å². The number of nitrogens with one attached hydrogen (secondary N) is 1. The third-order valence-corrected chi connectivity index (χ3v) is 4.49. The number of rotatable bonds is 7. The van der Waals surface area contributed by atoms with Crippen molar-refractivity contribution in [3.63, 3.8) is 0 Å². The summed E-state index contributed by atoms with van der Waals surface area (Å²) in [7, 11) is 1.83. The van der Waals surface area contributed by atoms with E-state index in [9.17, 15) is 0 Å². The molecule has 0 atom stereocenters. The van der Waals surface area contributed by atoms with Crippen LogP contribution in [0.2, 0.25) is 0 Å². The second-order valence-electron chi connectivity index (χ2n) is 6.53. The van der Waals surface area contributed by atoms with E-state index in [4.69, 9.17) is 10.5 Å². The number of nitrogens with two attached hydrogens (primary N) is 1. The van der Waals surface area contributed by atoms with Crippen molar-refractivity contribution in [3.05, 3.63) is 71.9 Å². The Labute approximate surface area is 163 Å². The van der Waals surface area contributed by atoms with E-state index in [1.165, 1.54) is 5.56 Å². The van der Waals surface area contributed by atoms with Crippen LogP contribution < -0.4 is 15.8 Å². The lowest BCUT2D eigenvalue weighted by Gasteiger charge is -2.09. The molecular weight excluding hydrogens is 352 g/mol. The van der Waals surface area contributed by atoms with Gasteiger partial charge in [0.15, 0.2) is 5.65 Å². The number of aromatic nitrogens is 4. The minimum Gasteiger partial charge on any atom is -0.489 e. The summed E-state index contributed by atoms with van der Waals surface area (Å²) >= 11 is 0. The summed E-state index contributed by atoms with van der Waals surface area (Å²) in [5.41, 5.74) is 9.06. The van der Waals surface area contributed by atoms with Crippen LogP contribution in [0.5, 0.6) is 5.75 Å². The van der Waals surface area contributed by atoms with Gasteiger partial charge in [0.05, 0.1) is 11.6 Å². The highest BCUT2D eigenvalue weighted by Gasteiger charge is 2.08. The molecule has 28 heavy (non-hydrogen) atoms. The molecule has 0 saturated carbocycles. The Kier molecular flexibility index (Phi) is 5.05. The first-order valence-corrected chi connectivity index (χ1v) is 9.14. The number of fused-ring (bicyclic) bond motifs is 1. The predicted octanol–water partition coefficient (Wildman–Crippen LogP) is 3.18. The maximum atomic E-state index is 5.98. The fourth-order valence-electron chi connectivity index (χ4n) is 2.93.